The fraction of sp³-hybridized carbons (Fsp3) is 0.909. The molecule has 0 aromatic carbocycles. The summed E-state index contributed by atoms with van der Waals surface area (Å²) in [4.78, 5) is 10.4. The van der Waals surface area contributed by atoms with Crippen LogP contribution < -0.4 is 0 Å². The van der Waals surface area contributed by atoms with Crippen molar-refractivity contribution in [3.05, 3.63) is 0 Å². The first-order valence-corrected chi connectivity index (χ1v) is 8.19. The van der Waals surface area contributed by atoms with Gasteiger partial charge in [-0.1, -0.05) is 6.04 Å². The minimum Gasteiger partial charge on any atom is -0.439 e. The van der Waals surface area contributed by atoms with E-state index in [1.54, 1.807) is 0 Å². The predicted molar refractivity (Wildman–Crippen MR) is 65.9 cm³/mol. The Morgan fingerprint density at radius 1 is 1.35 bits per heavy atom. The van der Waals surface area contributed by atoms with Gasteiger partial charge in [-0.05, 0) is 12.5 Å². The van der Waals surface area contributed by atoms with Crippen molar-refractivity contribution in [2.45, 2.75) is 31.5 Å². The zero-order valence-electron chi connectivity index (χ0n) is 10.5. The number of esters is 1. The minimum absolute atomic E-state index is 0.0445. The molecule has 1 aliphatic rings. The van der Waals surface area contributed by atoms with Gasteiger partial charge >= 0.3 is 5.97 Å². The second-order valence-corrected chi connectivity index (χ2v) is 6.23. The van der Waals surface area contributed by atoms with Crippen LogP contribution in [0.1, 0.15) is 13.3 Å². The Morgan fingerprint density at radius 3 is 2.88 bits per heavy atom. The van der Waals surface area contributed by atoms with Gasteiger partial charge in [0.05, 0.1) is 13.2 Å². The van der Waals surface area contributed by atoms with E-state index in [9.17, 15) is 4.79 Å². The molecule has 0 aromatic rings. The van der Waals surface area contributed by atoms with Crippen molar-refractivity contribution < 1.29 is 23.7 Å². The topological polar surface area (TPSA) is 57.3 Å². The number of carbonyl (C=O) groups is 1. The molecule has 17 heavy (non-hydrogen) atoms. The van der Waals surface area contributed by atoms with Gasteiger partial charge in [-0.2, -0.15) is 0 Å². The Bertz CT molecular complexity index is 208. The van der Waals surface area contributed by atoms with Crippen LogP contribution in [0.4, 0.5) is 0 Å². The lowest BCUT2D eigenvalue weighted by molar-refractivity contribution is -0.153. The largest absolute Gasteiger partial charge is 0.439 e. The highest BCUT2D eigenvalue weighted by Gasteiger charge is 2.21. The van der Waals surface area contributed by atoms with Crippen molar-refractivity contribution >= 4 is 15.5 Å². The van der Waals surface area contributed by atoms with Gasteiger partial charge in [0.25, 0.3) is 0 Å². The van der Waals surface area contributed by atoms with Crippen LogP contribution in [-0.4, -0.2) is 54.8 Å². The van der Waals surface area contributed by atoms with E-state index in [4.69, 9.17) is 14.2 Å². The smallest absolute Gasteiger partial charge is 0.304 e. The summed E-state index contributed by atoms with van der Waals surface area (Å²) < 4.78 is 20.3. The van der Waals surface area contributed by atoms with Crippen LogP contribution >= 0.6 is 0 Å². The SMILES string of the molecule is CC(=O)OCOCC[SiH2]CCCOCC1CO1. The highest BCUT2D eigenvalue weighted by atomic mass is 28.2. The second-order valence-electron chi connectivity index (χ2n) is 4.11. The van der Waals surface area contributed by atoms with Crippen LogP contribution in [0.5, 0.6) is 0 Å². The summed E-state index contributed by atoms with van der Waals surface area (Å²) in [5, 5.41) is 0. The minimum atomic E-state index is -0.293. The molecule has 1 fully saturated rings. The van der Waals surface area contributed by atoms with Crippen LogP contribution in [0.15, 0.2) is 0 Å². The Kier molecular flexibility index (Phi) is 8.24. The van der Waals surface area contributed by atoms with Crippen molar-refractivity contribution in [2.75, 3.05) is 33.2 Å². The van der Waals surface area contributed by atoms with E-state index in [1.165, 1.54) is 13.0 Å². The molecule has 5 nitrogen and oxygen atoms in total. The molecule has 0 aromatic heterocycles. The molecular weight excluding hydrogens is 240 g/mol. The highest BCUT2D eigenvalue weighted by Crippen LogP contribution is 2.08. The van der Waals surface area contributed by atoms with Crippen molar-refractivity contribution in [3.63, 3.8) is 0 Å². The fourth-order valence-electron chi connectivity index (χ4n) is 1.32. The monoisotopic (exact) mass is 262 g/mol. The number of ether oxygens (including phenoxy) is 4. The Morgan fingerprint density at radius 2 is 2.18 bits per heavy atom. The maximum atomic E-state index is 10.4. The van der Waals surface area contributed by atoms with Gasteiger partial charge in [-0.25, -0.2) is 0 Å². The lowest BCUT2D eigenvalue weighted by Crippen LogP contribution is -2.07. The van der Waals surface area contributed by atoms with Crippen molar-refractivity contribution in [3.8, 4) is 0 Å². The lowest BCUT2D eigenvalue weighted by atomic mass is 10.5. The maximum Gasteiger partial charge on any atom is 0.304 e. The zero-order chi connectivity index (χ0) is 12.3. The standard InChI is InChI=1S/C11H22O5Si/c1-10(12)16-9-14-4-6-17-5-2-3-13-7-11-8-15-11/h11H,2-9,17H2,1H3. The molecule has 0 amide bonds. The Labute approximate surface area is 105 Å². The molecule has 100 valence electrons. The Balaban J connectivity index is 1.65. The van der Waals surface area contributed by atoms with E-state index in [-0.39, 0.29) is 22.3 Å². The van der Waals surface area contributed by atoms with E-state index in [1.807, 2.05) is 0 Å². The van der Waals surface area contributed by atoms with Crippen molar-refractivity contribution in [2.24, 2.45) is 0 Å². The van der Waals surface area contributed by atoms with Crippen molar-refractivity contribution in [1.82, 2.24) is 0 Å². The summed E-state index contributed by atoms with van der Waals surface area (Å²) in [7, 11) is -0.0445. The van der Waals surface area contributed by atoms with Gasteiger partial charge in [0.15, 0.2) is 6.79 Å². The molecule has 0 N–H and O–H groups in total. The molecule has 1 atom stereocenters. The molecule has 0 aliphatic carbocycles. The van der Waals surface area contributed by atoms with Gasteiger partial charge in [0.2, 0.25) is 0 Å². The number of hydrogen-bond donors (Lipinski definition) is 0. The van der Waals surface area contributed by atoms with Gasteiger partial charge in [0.1, 0.15) is 6.10 Å². The first-order chi connectivity index (χ1) is 8.29. The molecular formula is C11H22O5Si. The number of rotatable bonds is 11. The van der Waals surface area contributed by atoms with Crippen molar-refractivity contribution in [1.29, 1.82) is 0 Å². The van der Waals surface area contributed by atoms with Crippen LogP contribution in [0.3, 0.4) is 0 Å². The van der Waals surface area contributed by atoms with E-state index in [2.05, 4.69) is 4.74 Å². The molecule has 0 spiro atoms. The number of carbonyl (C=O) groups excluding carboxylic acids is 1. The number of epoxide rings is 1. The molecule has 0 bridgehead atoms. The van der Waals surface area contributed by atoms with Gasteiger partial charge in [-0.15, -0.1) is 0 Å². The third-order valence-electron chi connectivity index (χ3n) is 2.38. The first kappa shape index (κ1) is 14.6. The molecule has 1 aliphatic heterocycles. The van der Waals surface area contributed by atoms with E-state index >= 15 is 0 Å². The highest BCUT2D eigenvalue weighted by molar-refractivity contribution is 6.35. The lowest BCUT2D eigenvalue weighted by Gasteiger charge is -2.04. The van der Waals surface area contributed by atoms with Gasteiger partial charge in [0, 0.05) is 29.7 Å². The Hall–Kier alpha value is -0.433. The first-order valence-electron chi connectivity index (χ1n) is 6.19. The normalized spacial score (nSPS) is 18.8. The summed E-state index contributed by atoms with van der Waals surface area (Å²) in [6, 6.07) is 2.41. The van der Waals surface area contributed by atoms with E-state index in [0.717, 1.165) is 32.3 Å². The fourth-order valence-corrected chi connectivity index (χ4v) is 2.64. The molecule has 0 radical (unpaired) electrons. The average molecular weight is 262 g/mol. The summed E-state index contributed by atoms with van der Waals surface area (Å²) in [6.45, 7) is 4.65. The van der Waals surface area contributed by atoms with Crippen LogP contribution in [0.25, 0.3) is 0 Å². The average Bonchev–Trinajstić information content (AvgIpc) is 3.09. The third-order valence-corrected chi connectivity index (χ3v) is 4.17. The van der Waals surface area contributed by atoms with Gasteiger partial charge in [-0.3, -0.25) is 4.79 Å². The molecule has 1 saturated heterocycles. The molecule has 6 heteroatoms. The van der Waals surface area contributed by atoms with E-state index in [0.29, 0.717) is 12.7 Å². The van der Waals surface area contributed by atoms with Crippen LogP contribution in [0.2, 0.25) is 12.1 Å². The molecule has 1 heterocycles. The summed E-state index contributed by atoms with van der Waals surface area (Å²) in [5.41, 5.74) is 0. The summed E-state index contributed by atoms with van der Waals surface area (Å²) in [6.07, 6.45) is 1.52. The summed E-state index contributed by atoms with van der Waals surface area (Å²) in [5.74, 6) is -0.293. The molecule has 1 unspecified atom stereocenters. The third kappa shape index (κ3) is 10.4. The predicted octanol–water partition coefficient (Wildman–Crippen LogP) is 0.334. The van der Waals surface area contributed by atoms with Crippen LogP contribution in [-0.2, 0) is 23.7 Å². The number of hydrogen-bond acceptors (Lipinski definition) is 5. The molecule has 0 saturated carbocycles. The van der Waals surface area contributed by atoms with E-state index < -0.39 is 0 Å². The van der Waals surface area contributed by atoms with Gasteiger partial charge < -0.3 is 18.9 Å². The quantitative estimate of drug-likeness (QED) is 0.177. The zero-order valence-corrected chi connectivity index (χ0v) is 11.9. The second kappa shape index (κ2) is 9.58. The summed E-state index contributed by atoms with van der Waals surface area (Å²) >= 11 is 0. The maximum absolute atomic E-state index is 10.4. The van der Waals surface area contributed by atoms with Crippen LogP contribution in [0, 0.1) is 0 Å². The molecule has 1 rings (SSSR count).